The Kier molecular flexibility index (Phi) is 2.94. The summed E-state index contributed by atoms with van der Waals surface area (Å²) in [5.74, 6) is 1.35. The number of ether oxygens (including phenoxy) is 1. The van der Waals surface area contributed by atoms with Gasteiger partial charge in [0.15, 0.2) is 0 Å². The largest absolute Gasteiger partial charge is 0.457 e. The predicted octanol–water partition coefficient (Wildman–Crippen LogP) is 3.48. The second kappa shape index (κ2) is 4.90. The van der Waals surface area contributed by atoms with Gasteiger partial charge in [0.25, 0.3) is 0 Å². The summed E-state index contributed by atoms with van der Waals surface area (Å²) in [6.45, 7) is 0. The van der Waals surface area contributed by atoms with E-state index in [1.165, 1.54) is 0 Å². The molecule has 0 aliphatic heterocycles. The molecule has 3 aromatic rings. The number of pyridine rings is 1. The van der Waals surface area contributed by atoms with Crippen molar-refractivity contribution >= 4 is 16.6 Å². The number of anilines is 1. The Morgan fingerprint density at radius 2 is 1.85 bits per heavy atom. The maximum absolute atomic E-state index is 8.78. The summed E-state index contributed by atoms with van der Waals surface area (Å²) in [6.07, 6.45) is 1.66. The van der Waals surface area contributed by atoms with Crippen molar-refractivity contribution in [1.29, 1.82) is 5.26 Å². The Balaban J connectivity index is 2.02. The Morgan fingerprint density at radius 3 is 2.60 bits per heavy atom. The van der Waals surface area contributed by atoms with Crippen molar-refractivity contribution in [3.05, 3.63) is 60.3 Å². The smallest absolute Gasteiger partial charge is 0.138 e. The zero-order valence-corrected chi connectivity index (χ0v) is 10.6. The SMILES string of the molecule is N#Cc1ccc(Oc2ccnc3c(N)cccc23)cc1. The number of para-hydroxylation sites is 1. The van der Waals surface area contributed by atoms with E-state index >= 15 is 0 Å². The average molecular weight is 261 g/mol. The minimum absolute atomic E-state index is 0.598. The molecule has 20 heavy (non-hydrogen) atoms. The Labute approximate surface area is 116 Å². The quantitative estimate of drug-likeness (QED) is 0.717. The van der Waals surface area contributed by atoms with Crippen LogP contribution in [0.25, 0.3) is 10.9 Å². The van der Waals surface area contributed by atoms with Crippen molar-refractivity contribution in [3.63, 3.8) is 0 Å². The molecule has 0 fully saturated rings. The van der Waals surface area contributed by atoms with E-state index in [1.807, 2.05) is 12.1 Å². The zero-order chi connectivity index (χ0) is 13.9. The van der Waals surface area contributed by atoms with Gasteiger partial charge in [-0.15, -0.1) is 0 Å². The number of nitrogens with two attached hydrogens (primary N) is 1. The maximum atomic E-state index is 8.78. The van der Waals surface area contributed by atoms with E-state index in [0.29, 0.717) is 22.7 Å². The standard InChI is InChI=1S/C16H11N3O/c17-10-11-4-6-12(7-5-11)20-15-8-9-19-16-13(15)2-1-3-14(16)18/h1-9H,18H2. The number of hydrogen-bond acceptors (Lipinski definition) is 4. The van der Waals surface area contributed by atoms with Gasteiger partial charge in [0, 0.05) is 11.6 Å². The molecule has 0 spiro atoms. The molecule has 1 aromatic heterocycles. The molecule has 0 radical (unpaired) electrons. The van der Waals surface area contributed by atoms with Gasteiger partial charge in [0.05, 0.1) is 22.8 Å². The summed E-state index contributed by atoms with van der Waals surface area (Å²) in [7, 11) is 0. The molecule has 2 aromatic carbocycles. The molecule has 2 N–H and O–H groups in total. The van der Waals surface area contributed by atoms with Crippen molar-refractivity contribution in [2.45, 2.75) is 0 Å². The van der Waals surface area contributed by atoms with E-state index in [-0.39, 0.29) is 0 Å². The lowest BCUT2D eigenvalue weighted by molar-refractivity contribution is 0.488. The fourth-order valence-electron chi connectivity index (χ4n) is 1.99. The zero-order valence-electron chi connectivity index (χ0n) is 10.6. The van der Waals surface area contributed by atoms with Gasteiger partial charge in [-0.3, -0.25) is 4.98 Å². The summed E-state index contributed by atoms with van der Waals surface area (Å²) in [5.41, 5.74) is 7.84. The molecule has 0 saturated carbocycles. The third kappa shape index (κ3) is 2.13. The van der Waals surface area contributed by atoms with Gasteiger partial charge in [-0.25, -0.2) is 0 Å². The summed E-state index contributed by atoms with van der Waals surface area (Å²) >= 11 is 0. The van der Waals surface area contributed by atoms with Crippen molar-refractivity contribution in [2.24, 2.45) is 0 Å². The number of nitriles is 1. The molecule has 4 heteroatoms. The first-order chi connectivity index (χ1) is 9.78. The molecular formula is C16H11N3O. The predicted molar refractivity (Wildman–Crippen MR) is 77.4 cm³/mol. The number of fused-ring (bicyclic) bond motifs is 1. The third-order valence-electron chi connectivity index (χ3n) is 2.97. The van der Waals surface area contributed by atoms with Crippen LogP contribution in [0.1, 0.15) is 5.56 Å². The second-order valence-corrected chi connectivity index (χ2v) is 4.29. The summed E-state index contributed by atoms with van der Waals surface area (Å²) in [5, 5.41) is 9.64. The number of nitrogen functional groups attached to an aromatic ring is 1. The molecule has 0 unspecified atom stereocenters. The fraction of sp³-hybridized carbons (Fsp3) is 0. The summed E-state index contributed by atoms with van der Waals surface area (Å²) < 4.78 is 5.84. The number of hydrogen-bond donors (Lipinski definition) is 1. The van der Waals surface area contributed by atoms with Gasteiger partial charge in [0.2, 0.25) is 0 Å². The molecular weight excluding hydrogens is 250 g/mol. The minimum atomic E-state index is 0.598. The van der Waals surface area contributed by atoms with E-state index in [2.05, 4.69) is 11.1 Å². The van der Waals surface area contributed by atoms with Crippen molar-refractivity contribution < 1.29 is 4.74 Å². The van der Waals surface area contributed by atoms with Gasteiger partial charge >= 0.3 is 0 Å². The number of nitrogens with zero attached hydrogens (tertiary/aromatic N) is 2. The molecule has 1 heterocycles. The van der Waals surface area contributed by atoms with Crippen LogP contribution in [0.4, 0.5) is 5.69 Å². The molecule has 0 bridgehead atoms. The highest BCUT2D eigenvalue weighted by atomic mass is 16.5. The highest BCUT2D eigenvalue weighted by molar-refractivity contribution is 5.93. The van der Waals surface area contributed by atoms with Crippen LogP contribution >= 0.6 is 0 Å². The summed E-state index contributed by atoms with van der Waals surface area (Å²) in [6, 6.07) is 16.4. The molecule has 0 aliphatic carbocycles. The van der Waals surface area contributed by atoms with E-state index in [0.717, 1.165) is 10.9 Å². The lowest BCUT2D eigenvalue weighted by atomic mass is 10.2. The van der Waals surface area contributed by atoms with Gasteiger partial charge in [0.1, 0.15) is 11.5 Å². The van der Waals surface area contributed by atoms with Crippen LogP contribution in [-0.4, -0.2) is 4.98 Å². The molecule has 3 rings (SSSR count). The highest BCUT2D eigenvalue weighted by Gasteiger charge is 2.06. The molecule has 4 nitrogen and oxygen atoms in total. The fourth-order valence-corrected chi connectivity index (χ4v) is 1.99. The van der Waals surface area contributed by atoms with E-state index < -0.39 is 0 Å². The van der Waals surface area contributed by atoms with Crippen LogP contribution in [0.15, 0.2) is 54.7 Å². The van der Waals surface area contributed by atoms with Crippen molar-refractivity contribution in [2.75, 3.05) is 5.73 Å². The van der Waals surface area contributed by atoms with Crippen LogP contribution in [0, 0.1) is 11.3 Å². The molecule has 0 amide bonds. The molecule has 0 saturated heterocycles. The minimum Gasteiger partial charge on any atom is -0.457 e. The summed E-state index contributed by atoms with van der Waals surface area (Å²) in [4.78, 5) is 4.26. The average Bonchev–Trinajstić information content (AvgIpc) is 2.49. The number of benzene rings is 2. The van der Waals surface area contributed by atoms with Crippen LogP contribution in [-0.2, 0) is 0 Å². The molecule has 0 aliphatic rings. The van der Waals surface area contributed by atoms with Gasteiger partial charge in [-0.05, 0) is 42.5 Å². The number of aromatic nitrogens is 1. The monoisotopic (exact) mass is 261 g/mol. The first-order valence-electron chi connectivity index (χ1n) is 6.09. The van der Waals surface area contributed by atoms with Crippen LogP contribution < -0.4 is 10.5 Å². The lowest BCUT2D eigenvalue weighted by Gasteiger charge is -2.09. The van der Waals surface area contributed by atoms with Crippen LogP contribution in [0.5, 0.6) is 11.5 Å². The highest BCUT2D eigenvalue weighted by Crippen LogP contribution is 2.30. The van der Waals surface area contributed by atoms with Crippen LogP contribution in [0.2, 0.25) is 0 Å². The maximum Gasteiger partial charge on any atom is 0.138 e. The molecule has 96 valence electrons. The molecule has 0 atom stereocenters. The van der Waals surface area contributed by atoms with Gasteiger partial charge < -0.3 is 10.5 Å². The Morgan fingerprint density at radius 1 is 1.05 bits per heavy atom. The topological polar surface area (TPSA) is 71.9 Å². The number of rotatable bonds is 2. The third-order valence-corrected chi connectivity index (χ3v) is 2.97. The van der Waals surface area contributed by atoms with Gasteiger partial charge in [-0.2, -0.15) is 5.26 Å². The van der Waals surface area contributed by atoms with E-state index in [1.54, 1.807) is 42.6 Å². The first-order valence-corrected chi connectivity index (χ1v) is 6.09. The second-order valence-electron chi connectivity index (χ2n) is 4.29. The Hall–Kier alpha value is -3.06. The normalized spacial score (nSPS) is 10.2. The first kappa shape index (κ1) is 12.0. The van der Waals surface area contributed by atoms with E-state index in [4.69, 9.17) is 15.7 Å². The van der Waals surface area contributed by atoms with Crippen molar-refractivity contribution in [3.8, 4) is 17.6 Å². The van der Waals surface area contributed by atoms with Crippen molar-refractivity contribution in [1.82, 2.24) is 4.98 Å². The van der Waals surface area contributed by atoms with Gasteiger partial charge in [-0.1, -0.05) is 6.07 Å². The van der Waals surface area contributed by atoms with Crippen LogP contribution in [0.3, 0.4) is 0 Å². The Bertz CT molecular complexity index is 804. The van der Waals surface area contributed by atoms with E-state index in [9.17, 15) is 0 Å². The lowest BCUT2D eigenvalue weighted by Crippen LogP contribution is -1.92.